The fourth-order valence-electron chi connectivity index (χ4n) is 4.66. The zero-order valence-corrected chi connectivity index (χ0v) is 18.4. The number of aryl methyl sites for hydroxylation is 1. The Hall–Kier alpha value is -2.63. The molecule has 160 valence electrons. The van der Waals surface area contributed by atoms with E-state index in [0.717, 1.165) is 46.8 Å². The Morgan fingerprint density at radius 1 is 0.774 bits per heavy atom. The number of ether oxygens (including phenoxy) is 1. The Morgan fingerprint density at radius 2 is 1.39 bits per heavy atom. The molecule has 1 aliphatic carbocycles. The molecule has 1 aliphatic rings. The largest absolute Gasteiger partial charge is 0.385 e. The maximum atomic E-state index is 13.3. The highest BCUT2D eigenvalue weighted by molar-refractivity contribution is 5.83. The van der Waals surface area contributed by atoms with E-state index >= 15 is 0 Å². The van der Waals surface area contributed by atoms with Crippen LogP contribution in [-0.4, -0.2) is 13.7 Å². The van der Waals surface area contributed by atoms with Crippen LogP contribution in [0.4, 0.5) is 4.39 Å². The highest BCUT2D eigenvalue weighted by atomic mass is 19.1. The first kappa shape index (κ1) is 21.6. The lowest BCUT2D eigenvalue weighted by Crippen LogP contribution is -2.16. The van der Waals surface area contributed by atoms with E-state index < -0.39 is 0 Å². The van der Waals surface area contributed by atoms with Crippen molar-refractivity contribution in [3.63, 3.8) is 0 Å². The summed E-state index contributed by atoms with van der Waals surface area (Å²) in [6, 6.07) is 19.4. The Balaban J connectivity index is 1.29. The second-order valence-corrected chi connectivity index (χ2v) is 8.86. The van der Waals surface area contributed by atoms with Crippen LogP contribution in [0.3, 0.4) is 0 Å². The molecular weight excluding hydrogens is 383 g/mol. The first-order valence-corrected chi connectivity index (χ1v) is 11.5. The number of halogens is 1. The van der Waals surface area contributed by atoms with Crippen LogP contribution in [0.1, 0.15) is 55.2 Å². The van der Waals surface area contributed by atoms with Gasteiger partial charge in [-0.05, 0) is 83.8 Å². The number of methoxy groups -OCH3 is 1. The highest BCUT2D eigenvalue weighted by Gasteiger charge is 2.20. The predicted octanol–water partition coefficient (Wildman–Crippen LogP) is 7.15. The zero-order valence-electron chi connectivity index (χ0n) is 18.4. The van der Waals surface area contributed by atoms with Crippen LogP contribution in [0.2, 0.25) is 0 Å². The van der Waals surface area contributed by atoms with Crippen LogP contribution in [0, 0.1) is 29.5 Å². The van der Waals surface area contributed by atoms with E-state index in [0.29, 0.717) is 0 Å². The molecule has 0 radical (unpaired) electrons. The van der Waals surface area contributed by atoms with Gasteiger partial charge in [0.15, 0.2) is 0 Å². The van der Waals surface area contributed by atoms with Gasteiger partial charge in [-0.15, -0.1) is 0 Å². The maximum Gasteiger partial charge on any atom is 0.123 e. The van der Waals surface area contributed by atoms with E-state index in [9.17, 15) is 4.39 Å². The minimum Gasteiger partial charge on any atom is -0.385 e. The number of benzene rings is 3. The molecule has 0 aromatic heterocycles. The Kier molecular flexibility index (Phi) is 7.39. The van der Waals surface area contributed by atoms with Crippen molar-refractivity contribution in [2.24, 2.45) is 11.8 Å². The van der Waals surface area contributed by atoms with Gasteiger partial charge in [-0.25, -0.2) is 4.39 Å². The van der Waals surface area contributed by atoms with E-state index in [-0.39, 0.29) is 5.82 Å². The normalized spacial score (nSPS) is 18.5. The fourth-order valence-corrected chi connectivity index (χ4v) is 4.66. The SMILES string of the molecule is COCCC1CCC(CCc2ccc(C#Cc3ccc4cc(F)ccc4c3)cc2)CC1. The summed E-state index contributed by atoms with van der Waals surface area (Å²) in [5, 5.41) is 1.91. The predicted molar refractivity (Wildman–Crippen MR) is 127 cm³/mol. The van der Waals surface area contributed by atoms with E-state index in [1.807, 2.05) is 18.2 Å². The molecule has 0 unspecified atom stereocenters. The summed E-state index contributed by atoms with van der Waals surface area (Å²) in [7, 11) is 1.80. The molecule has 0 bridgehead atoms. The van der Waals surface area contributed by atoms with Gasteiger partial charge in [-0.1, -0.05) is 61.8 Å². The zero-order chi connectivity index (χ0) is 21.5. The number of fused-ring (bicyclic) bond motifs is 1. The quantitative estimate of drug-likeness (QED) is 0.389. The molecule has 1 saturated carbocycles. The molecule has 3 aromatic rings. The second kappa shape index (κ2) is 10.6. The molecule has 1 fully saturated rings. The molecule has 0 aliphatic heterocycles. The van der Waals surface area contributed by atoms with Crippen molar-refractivity contribution in [3.8, 4) is 11.8 Å². The van der Waals surface area contributed by atoms with Crippen molar-refractivity contribution in [3.05, 3.63) is 83.2 Å². The van der Waals surface area contributed by atoms with Gasteiger partial charge in [0.1, 0.15) is 5.82 Å². The summed E-state index contributed by atoms with van der Waals surface area (Å²) in [6.07, 6.45) is 9.15. The summed E-state index contributed by atoms with van der Waals surface area (Å²) in [5.74, 6) is 8.03. The molecular formula is C29H31FO. The van der Waals surface area contributed by atoms with Crippen LogP contribution in [0.15, 0.2) is 60.7 Å². The standard InChI is InChI=1S/C29H31FO/c1-31-19-18-25-10-8-23(9-11-25)3-2-22-4-6-24(7-5-22)12-13-26-14-15-28-21-29(30)17-16-27(28)20-26/h4-7,14-17,20-21,23,25H,2-3,8-11,18-19H2,1H3. The first-order valence-electron chi connectivity index (χ1n) is 11.5. The van der Waals surface area contributed by atoms with Crippen molar-refractivity contribution in [1.82, 2.24) is 0 Å². The Morgan fingerprint density at radius 3 is 2.13 bits per heavy atom. The lowest BCUT2D eigenvalue weighted by Gasteiger charge is -2.28. The highest BCUT2D eigenvalue weighted by Crippen LogP contribution is 2.33. The van der Waals surface area contributed by atoms with Gasteiger partial charge in [0, 0.05) is 24.8 Å². The van der Waals surface area contributed by atoms with E-state index in [4.69, 9.17) is 4.74 Å². The van der Waals surface area contributed by atoms with Crippen molar-refractivity contribution in [2.45, 2.75) is 44.9 Å². The molecule has 3 aromatic carbocycles. The lowest BCUT2D eigenvalue weighted by atomic mass is 9.78. The molecule has 4 rings (SSSR count). The minimum atomic E-state index is -0.207. The van der Waals surface area contributed by atoms with Gasteiger partial charge >= 0.3 is 0 Å². The molecule has 0 spiro atoms. The summed E-state index contributed by atoms with van der Waals surface area (Å²) in [4.78, 5) is 0. The maximum absolute atomic E-state index is 13.3. The molecule has 0 atom stereocenters. The van der Waals surface area contributed by atoms with Crippen LogP contribution >= 0.6 is 0 Å². The molecule has 31 heavy (non-hydrogen) atoms. The van der Waals surface area contributed by atoms with Gasteiger partial charge in [0.25, 0.3) is 0 Å². The van der Waals surface area contributed by atoms with E-state index in [2.05, 4.69) is 36.1 Å². The monoisotopic (exact) mass is 414 g/mol. The molecule has 1 nitrogen and oxygen atoms in total. The third-order valence-electron chi connectivity index (χ3n) is 6.65. The fraction of sp³-hybridized carbons (Fsp3) is 0.379. The molecule has 2 heteroatoms. The minimum absolute atomic E-state index is 0.207. The van der Waals surface area contributed by atoms with Crippen molar-refractivity contribution in [1.29, 1.82) is 0 Å². The summed E-state index contributed by atoms with van der Waals surface area (Å²) >= 11 is 0. The average molecular weight is 415 g/mol. The first-order chi connectivity index (χ1) is 15.2. The smallest absolute Gasteiger partial charge is 0.123 e. The van der Waals surface area contributed by atoms with Crippen LogP contribution in [-0.2, 0) is 11.2 Å². The second-order valence-electron chi connectivity index (χ2n) is 8.86. The summed E-state index contributed by atoms with van der Waals surface area (Å²) in [5.41, 5.74) is 3.38. The number of hydrogen-bond donors (Lipinski definition) is 0. The third-order valence-corrected chi connectivity index (χ3v) is 6.65. The van der Waals surface area contributed by atoms with Gasteiger partial charge in [-0.3, -0.25) is 0 Å². The molecule has 0 N–H and O–H groups in total. The van der Waals surface area contributed by atoms with Gasteiger partial charge in [-0.2, -0.15) is 0 Å². The van der Waals surface area contributed by atoms with Gasteiger partial charge < -0.3 is 4.74 Å². The van der Waals surface area contributed by atoms with Crippen LogP contribution < -0.4 is 0 Å². The Bertz CT molecular complexity index is 1050. The molecule has 0 amide bonds. The number of rotatable bonds is 6. The average Bonchev–Trinajstić information content (AvgIpc) is 2.81. The topological polar surface area (TPSA) is 9.23 Å². The van der Waals surface area contributed by atoms with Crippen molar-refractivity contribution >= 4 is 10.8 Å². The number of hydrogen-bond acceptors (Lipinski definition) is 1. The molecule has 0 saturated heterocycles. The van der Waals surface area contributed by atoms with Crippen LogP contribution in [0.25, 0.3) is 10.8 Å². The van der Waals surface area contributed by atoms with E-state index in [1.54, 1.807) is 19.2 Å². The van der Waals surface area contributed by atoms with Crippen molar-refractivity contribution in [2.75, 3.05) is 13.7 Å². The van der Waals surface area contributed by atoms with E-state index in [1.165, 1.54) is 50.2 Å². The Labute approximate surface area is 185 Å². The van der Waals surface area contributed by atoms with Gasteiger partial charge in [0.2, 0.25) is 0 Å². The lowest BCUT2D eigenvalue weighted by molar-refractivity contribution is 0.155. The summed E-state index contributed by atoms with van der Waals surface area (Å²) < 4.78 is 18.6. The third kappa shape index (κ3) is 6.18. The summed E-state index contributed by atoms with van der Waals surface area (Å²) in [6.45, 7) is 0.908. The van der Waals surface area contributed by atoms with Crippen molar-refractivity contribution < 1.29 is 9.13 Å². The van der Waals surface area contributed by atoms with Crippen LogP contribution in [0.5, 0.6) is 0 Å². The molecule has 0 heterocycles. The van der Waals surface area contributed by atoms with Gasteiger partial charge in [0.05, 0.1) is 0 Å².